The van der Waals surface area contributed by atoms with Crippen LogP contribution in [0.3, 0.4) is 0 Å². The minimum atomic E-state index is 0.0730. The molecule has 0 saturated carbocycles. The van der Waals surface area contributed by atoms with Crippen molar-refractivity contribution in [1.82, 2.24) is 20.1 Å². The predicted molar refractivity (Wildman–Crippen MR) is 126 cm³/mol. The maximum absolute atomic E-state index is 11.9. The lowest BCUT2D eigenvalue weighted by molar-refractivity contribution is 0.219. The number of aliphatic imine (C=N–C) groups is 1. The van der Waals surface area contributed by atoms with Crippen LogP contribution in [0.4, 0.5) is 0 Å². The SMILES string of the molecule is CCN(CC)C(CNC(=NC)NCCCCn1c(C)cccc1=O)c1ccccc1. The summed E-state index contributed by atoms with van der Waals surface area (Å²) in [6, 6.07) is 16.3. The van der Waals surface area contributed by atoms with Gasteiger partial charge in [0.25, 0.3) is 5.56 Å². The Kier molecular flexibility index (Phi) is 10.1. The first kappa shape index (κ1) is 23.7. The van der Waals surface area contributed by atoms with Crippen molar-refractivity contribution in [2.75, 3.05) is 33.2 Å². The van der Waals surface area contributed by atoms with Gasteiger partial charge < -0.3 is 15.2 Å². The molecule has 0 fully saturated rings. The Morgan fingerprint density at radius 2 is 1.77 bits per heavy atom. The maximum Gasteiger partial charge on any atom is 0.250 e. The Balaban J connectivity index is 1.82. The Bertz CT molecular complexity index is 827. The van der Waals surface area contributed by atoms with E-state index in [-0.39, 0.29) is 5.56 Å². The van der Waals surface area contributed by atoms with E-state index in [9.17, 15) is 4.79 Å². The minimum absolute atomic E-state index is 0.0730. The van der Waals surface area contributed by atoms with Crippen molar-refractivity contribution in [2.24, 2.45) is 4.99 Å². The third-order valence-electron chi connectivity index (χ3n) is 5.49. The molecule has 0 amide bonds. The van der Waals surface area contributed by atoms with Crippen molar-refractivity contribution < 1.29 is 0 Å². The van der Waals surface area contributed by atoms with Crippen LogP contribution in [-0.2, 0) is 6.54 Å². The standard InChI is InChI=1S/C24H37N5O/c1-5-28(6-2)22(21-14-8-7-9-15-21)19-27-24(25-4)26-17-10-11-18-29-20(3)13-12-16-23(29)30/h7-9,12-16,22H,5-6,10-11,17-19H2,1-4H3,(H2,25,26,27). The topological polar surface area (TPSA) is 61.7 Å². The van der Waals surface area contributed by atoms with Crippen LogP contribution in [-0.4, -0.2) is 48.7 Å². The molecule has 0 radical (unpaired) electrons. The Hall–Kier alpha value is -2.60. The third-order valence-corrected chi connectivity index (χ3v) is 5.49. The molecule has 2 N–H and O–H groups in total. The first-order valence-electron chi connectivity index (χ1n) is 11.0. The zero-order valence-corrected chi connectivity index (χ0v) is 18.9. The fourth-order valence-electron chi connectivity index (χ4n) is 3.72. The van der Waals surface area contributed by atoms with Gasteiger partial charge in [0.05, 0.1) is 6.04 Å². The molecule has 6 heteroatoms. The number of hydrogen-bond donors (Lipinski definition) is 2. The van der Waals surface area contributed by atoms with Crippen LogP contribution < -0.4 is 16.2 Å². The van der Waals surface area contributed by atoms with Crippen LogP contribution in [0, 0.1) is 6.92 Å². The second-order valence-electron chi connectivity index (χ2n) is 7.39. The first-order chi connectivity index (χ1) is 14.6. The van der Waals surface area contributed by atoms with Gasteiger partial charge in [-0.05, 0) is 44.5 Å². The summed E-state index contributed by atoms with van der Waals surface area (Å²) in [7, 11) is 1.80. The van der Waals surface area contributed by atoms with Crippen molar-refractivity contribution in [2.45, 2.75) is 46.2 Å². The highest BCUT2D eigenvalue weighted by atomic mass is 16.1. The van der Waals surface area contributed by atoms with Gasteiger partial charge in [0.15, 0.2) is 5.96 Å². The molecule has 30 heavy (non-hydrogen) atoms. The van der Waals surface area contributed by atoms with Gasteiger partial charge in [0.1, 0.15) is 0 Å². The summed E-state index contributed by atoms with van der Waals surface area (Å²) < 4.78 is 1.83. The van der Waals surface area contributed by atoms with Gasteiger partial charge in [0.2, 0.25) is 0 Å². The molecule has 2 aromatic rings. The molecule has 0 aliphatic rings. The van der Waals surface area contributed by atoms with E-state index in [4.69, 9.17) is 0 Å². The maximum atomic E-state index is 11.9. The number of hydrogen-bond acceptors (Lipinski definition) is 3. The average Bonchev–Trinajstić information content (AvgIpc) is 2.77. The van der Waals surface area contributed by atoms with Crippen LogP contribution in [0.15, 0.2) is 58.3 Å². The molecule has 1 unspecified atom stereocenters. The van der Waals surface area contributed by atoms with Crippen molar-refractivity contribution in [1.29, 1.82) is 0 Å². The average molecular weight is 412 g/mol. The molecule has 0 aliphatic carbocycles. The highest BCUT2D eigenvalue weighted by Gasteiger charge is 2.18. The monoisotopic (exact) mass is 411 g/mol. The third kappa shape index (κ3) is 7.02. The van der Waals surface area contributed by atoms with Crippen LogP contribution in [0.25, 0.3) is 0 Å². The van der Waals surface area contributed by atoms with Crippen molar-refractivity contribution in [3.8, 4) is 0 Å². The van der Waals surface area contributed by atoms with Gasteiger partial charge in [-0.2, -0.15) is 0 Å². The molecule has 6 nitrogen and oxygen atoms in total. The number of nitrogens with zero attached hydrogens (tertiary/aromatic N) is 3. The molecule has 2 rings (SSSR count). The normalized spacial score (nSPS) is 12.8. The summed E-state index contributed by atoms with van der Waals surface area (Å²) in [5.41, 5.74) is 2.40. The molecule has 1 aromatic carbocycles. The van der Waals surface area contributed by atoms with Gasteiger partial charge >= 0.3 is 0 Å². The smallest absolute Gasteiger partial charge is 0.250 e. The van der Waals surface area contributed by atoms with Crippen LogP contribution in [0.1, 0.15) is 44.0 Å². The molecule has 0 saturated heterocycles. The summed E-state index contributed by atoms with van der Waals surface area (Å²) in [6.45, 7) is 10.7. The molecule has 0 aliphatic heterocycles. The summed E-state index contributed by atoms with van der Waals surface area (Å²) in [5, 5.41) is 6.89. The van der Waals surface area contributed by atoms with E-state index >= 15 is 0 Å². The fraction of sp³-hybridized carbons (Fsp3) is 0.500. The molecule has 164 valence electrons. The van der Waals surface area contributed by atoms with E-state index in [1.807, 2.05) is 23.6 Å². The largest absolute Gasteiger partial charge is 0.356 e. The number of guanidine groups is 1. The van der Waals surface area contributed by atoms with Crippen LogP contribution in [0.2, 0.25) is 0 Å². The Morgan fingerprint density at radius 1 is 1.03 bits per heavy atom. The van der Waals surface area contributed by atoms with Crippen LogP contribution in [0.5, 0.6) is 0 Å². The van der Waals surface area contributed by atoms with Crippen molar-refractivity contribution in [3.05, 3.63) is 70.1 Å². The second-order valence-corrected chi connectivity index (χ2v) is 7.39. The number of benzene rings is 1. The number of unbranched alkanes of at least 4 members (excludes halogenated alkanes) is 1. The van der Waals surface area contributed by atoms with E-state index in [1.54, 1.807) is 13.1 Å². The molecule has 1 aromatic heterocycles. The molecule has 1 atom stereocenters. The Labute approximate surface area is 181 Å². The van der Waals surface area contributed by atoms with Crippen LogP contribution >= 0.6 is 0 Å². The number of rotatable bonds is 11. The number of likely N-dealkylation sites (N-methyl/N-ethyl adjacent to an activating group) is 1. The second kappa shape index (κ2) is 12.9. The van der Waals surface area contributed by atoms with E-state index < -0.39 is 0 Å². The molecular formula is C24H37N5O. The summed E-state index contributed by atoms with van der Waals surface area (Å²) >= 11 is 0. The molecule has 0 bridgehead atoms. The van der Waals surface area contributed by atoms with Gasteiger partial charge in [-0.3, -0.25) is 14.7 Å². The van der Waals surface area contributed by atoms with E-state index in [0.29, 0.717) is 6.04 Å². The minimum Gasteiger partial charge on any atom is -0.356 e. The Morgan fingerprint density at radius 3 is 2.40 bits per heavy atom. The summed E-state index contributed by atoms with van der Waals surface area (Å²) in [5.74, 6) is 0.816. The number of aryl methyl sites for hydroxylation is 1. The summed E-state index contributed by atoms with van der Waals surface area (Å²) in [6.07, 6.45) is 1.92. The zero-order valence-electron chi connectivity index (χ0n) is 18.9. The molecule has 1 heterocycles. The first-order valence-corrected chi connectivity index (χ1v) is 11.0. The van der Waals surface area contributed by atoms with Gasteiger partial charge in [-0.1, -0.05) is 50.2 Å². The van der Waals surface area contributed by atoms with Gasteiger partial charge in [-0.25, -0.2) is 0 Å². The lowest BCUT2D eigenvalue weighted by atomic mass is 10.1. The summed E-state index contributed by atoms with van der Waals surface area (Å²) in [4.78, 5) is 18.8. The fourth-order valence-corrected chi connectivity index (χ4v) is 3.72. The number of nitrogens with one attached hydrogen (secondary N) is 2. The highest BCUT2D eigenvalue weighted by molar-refractivity contribution is 5.79. The van der Waals surface area contributed by atoms with E-state index in [2.05, 4.69) is 64.7 Å². The van der Waals surface area contributed by atoms with E-state index in [1.165, 1.54) is 5.56 Å². The predicted octanol–water partition coefficient (Wildman–Crippen LogP) is 3.19. The van der Waals surface area contributed by atoms with Gasteiger partial charge in [0, 0.05) is 38.4 Å². The molecule has 0 spiro atoms. The number of aromatic nitrogens is 1. The van der Waals surface area contributed by atoms with Crippen molar-refractivity contribution in [3.63, 3.8) is 0 Å². The molecular weight excluding hydrogens is 374 g/mol. The van der Waals surface area contributed by atoms with Gasteiger partial charge in [-0.15, -0.1) is 0 Å². The lowest BCUT2D eigenvalue weighted by Gasteiger charge is -2.30. The van der Waals surface area contributed by atoms with E-state index in [0.717, 1.165) is 57.2 Å². The zero-order chi connectivity index (χ0) is 21.8. The van der Waals surface area contributed by atoms with Crippen molar-refractivity contribution >= 4 is 5.96 Å². The quantitative estimate of drug-likeness (QED) is 0.339. The highest BCUT2D eigenvalue weighted by Crippen LogP contribution is 2.19. The number of pyridine rings is 1. The lowest BCUT2D eigenvalue weighted by Crippen LogP contribution is -2.43.